The largest absolute Gasteiger partial charge is 0.494 e. The number of methoxy groups -OCH3 is 2. The second kappa shape index (κ2) is 9.73. The van der Waals surface area contributed by atoms with Crippen LogP contribution >= 0.6 is 11.9 Å². The van der Waals surface area contributed by atoms with Gasteiger partial charge in [0.2, 0.25) is 11.8 Å². The van der Waals surface area contributed by atoms with E-state index in [1.807, 2.05) is 48.1 Å². The van der Waals surface area contributed by atoms with Gasteiger partial charge in [-0.3, -0.25) is 9.29 Å². The lowest BCUT2D eigenvalue weighted by atomic mass is 10.2. The van der Waals surface area contributed by atoms with Crippen molar-refractivity contribution >= 4 is 17.9 Å². The summed E-state index contributed by atoms with van der Waals surface area (Å²) in [5.74, 6) is 4.53. The third-order valence-electron chi connectivity index (χ3n) is 4.77. The SMILES string of the molecule is COc1cccc(OC)c1-n1c(NSCC(C)c2ncc(C)cn2)nnc1-c1ccco1. The van der Waals surface area contributed by atoms with Crippen LogP contribution in [0.2, 0.25) is 0 Å². The molecule has 0 amide bonds. The Morgan fingerprint density at radius 2 is 1.78 bits per heavy atom. The molecule has 3 aromatic heterocycles. The minimum Gasteiger partial charge on any atom is -0.494 e. The van der Waals surface area contributed by atoms with Gasteiger partial charge in [0.1, 0.15) is 23.0 Å². The molecule has 1 unspecified atom stereocenters. The number of aromatic nitrogens is 5. The van der Waals surface area contributed by atoms with E-state index in [0.717, 1.165) is 17.1 Å². The number of hydrogen-bond donors (Lipinski definition) is 1. The number of nitrogens with zero attached hydrogens (tertiary/aromatic N) is 5. The maximum Gasteiger partial charge on any atom is 0.239 e. The van der Waals surface area contributed by atoms with Crippen LogP contribution in [0.15, 0.2) is 53.4 Å². The van der Waals surface area contributed by atoms with Gasteiger partial charge >= 0.3 is 0 Å². The molecule has 0 aliphatic heterocycles. The molecule has 4 rings (SSSR count). The molecule has 10 heteroatoms. The second-order valence-corrected chi connectivity index (χ2v) is 7.93. The number of ether oxygens (including phenoxy) is 2. The highest BCUT2D eigenvalue weighted by atomic mass is 32.2. The zero-order chi connectivity index (χ0) is 22.5. The fraction of sp³-hybridized carbons (Fsp3) is 0.273. The van der Waals surface area contributed by atoms with Crippen LogP contribution in [0, 0.1) is 6.92 Å². The van der Waals surface area contributed by atoms with Gasteiger partial charge in [0, 0.05) is 24.1 Å². The van der Waals surface area contributed by atoms with Crippen molar-refractivity contribution < 1.29 is 13.9 Å². The number of nitrogens with one attached hydrogen (secondary N) is 1. The topological polar surface area (TPSA) is 100 Å². The van der Waals surface area contributed by atoms with E-state index in [1.54, 1.807) is 26.5 Å². The van der Waals surface area contributed by atoms with E-state index in [2.05, 4.69) is 31.8 Å². The molecule has 166 valence electrons. The molecule has 32 heavy (non-hydrogen) atoms. The van der Waals surface area contributed by atoms with Gasteiger partial charge in [-0.1, -0.05) is 13.0 Å². The quantitative estimate of drug-likeness (QED) is 0.368. The first kappa shape index (κ1) is 21.7. The standard InChI is InChI=1S/C22H24N6O3S/c1-14-11-23-20(24-12-14)15(2)13-32-27-22-26-25-21(18-9-6-10-31-18)28(22)19-16(29-3)7-5-8-17(19)30-4/h5-12,15H,13H2,1-4H3,(H,26,27). The lowest BCUT2D eigenvalue weighted by Gasteiger charge is -2.17. The van der Waals surface area contributed by atoms with Crippen LogP contribution in [0.1, 0.15) is 24.2 Å². The van der Waals surface area contributed by atoms with Crippen molar-refractivity contribution in [1.29, 1.82) is 0 Å². The number of para-hydroxylation sites is 1. The van der Waals surface area contributed by atoms with E-state index >= 15 is 0 Å². The summed E-state index contributed by atoms with van der Waals surface area (Å²) in [7, 11) is 3.22. The van der Waals surface area contributed by atoms with Gasteiger partial charge in [0.05, 0.1) is 20.5 Å². The van der Waals surface area contributed by atoms with Gasteiger partial charge in [0.15, 0.2) is 5.76 Å². The van der Waals surface area contributed by atoms with E-state index in [-0.39, 0.29) is 5.92 Å². The van der Waals surface area contributed by atoms with Crippen molar-refractivity contribution in [3.8, 4) is 28.8 Å². The van der Waals surface area contributed by atoms with E-state index < -0.39 is 0 Å². The summed E-state index contributed by atoms with van der Waals surface area (Å²) in [6.45, 7) is 4.06. The summed E-state index contributed by atoms with van der Waals surface area (Å²) in [5, 5.41) is 8.72. The van der Waals surface area contributed by atoms with Crippen LogP contribution in [-0.4, -0.2) is 44.7 Å². The number of furan rings is 1. The molecule has 9 nitrogen and oxygen atoms in total. The molecule has 0 bridgehead atoms. The molecule has 0 aliphatic carbocycles. The fourth-order valence-electron chi connectivity index (χ4n) is 3.14. The Bertz CT molecular complexity index is 1140. The molecule has 1 N–H and O–H groups in total. The Morgan fingerprint density at radius 1 is 1.06 bits per heavy atom. The van der Waals surface area contributed by atoms with Crippen LogP contribution in [0.4, 0.5) is 5.95 Å². The molecule has 0 radical (unpaired) electrons. The minimum absolute atomic E-state index is 0.148. The maximum absolute atomic E-state index is 5.61. The number of anilines is 1. The Balaban J connectivity index is 1.65. The van der Waals surface area contributed by atoms with Gasteiger partial charge in [-0.15, -0.1) is 10.2 Å². The molecule has 1 aromatic carbocycles. The van der Waals surface area contributed by atoms with Crippen molar-refractivity contribution in [3.05, 3.63) is 60.4 Å². The van der Waals surface area contributed by atoms with Crippen LogP contribution in [0.3, 0.4) is 0 Å². The summed E-state index contributed by atoms with van der Waals surface area (Å²) in [6.07, 6.45) is 5.26. The van der Waals surface area contributed by atoms with Crippen molar-refractivity contribution in [3.63, 3.8) is 0 Å². The lowest BCUT2D eigenvalue weighted by Crippen LogP contribution is -2.08. The molecule has 0 aliphatic rings. The summed E-state index contributed by atoms with van der Waals surface area (Å²) in [4.78, 5) is 8.84. The molecule has 4 aromatic rings. The third kappa shape index (κ3) is 4.40. The van der Waals surface area contributed by atoms with Crippen LogP contribution in [0.25, 0.3) is 17.3 Å². The smallest absolute Gasteiger partial charge is 0.239 e. The molecule has 0 saturated heterocycles. The molecule has 1 atom stereocenters. The summed E-state index contributed by atoms with van der Waals surface area (Å²) >= 11 is 1.49. The van der Waals surface area contributed by atoms with Gasteiger partial charge < -0.3 is 13.9 Å². The maximum atomic E-state index is 5.61. The molecule has 0 saturated carbocycles. The highest BCUT2D eigenvalue weighted by molar-refractivity contribution is 8.00. The van der Waals surface area contributed by atoms with E-state index in [0.29, 0.717) is 34.7 Å². The molecule has 0 spiro atoms. The van der Waals surface area contributed by atoms with E-state index in [1.165, 1.54) is 11.9 Å². The van der Waals surface area contributed by atoms with Gasteiger partial charge in [0.25, 0.3) is 0 Å². The normalized spacial score (nSPS) is 11.9. The Kier molecular flexibility index (Phi) is 6.60. The Labute approximate surface area is 190 Å². The molecule has 0 fully saturated rings. The molecular weight excluding hydrogens is 428 g/mol. The van der Waals surface area contributed by atoms with Crippen molar-refractivity contribution in [2.24, 2.45) is 0 Å². The first-order chi connectivity index (χ1) is 15.6. The van der Waals surface area contributed by atoms with Crippen LogP contribution in [-0.2, 0) is 0 Å². The second-order valence-electron chi connectivity index (χ2n) is 7.10. The monoisotopic (exact) mass is 452 g/mol. The van der Waals surface area contributed by atoms with E-state index in [4.69, 9.17) is 13.9 Å². The Morgan fingerprint density at radius 3 is 2.41 bits per heavy atom. The van der Waals surface area contributed by atoms with Gasteiger partial charge in [-0.25, -0.2) is 9.97 Å². The Hall–Kier alpha value is -3.53. The average molecular weight is 453 g/mol. The first-order valence-electron chi connectivity index (χ1n) is 9.99. The predicted molar refractivity (Wildman–Crippen MR) is 123 cm³/mol. The summed E-state index contributed by atoms with van der Waals surface area (Å²) in [5.41, 5.74) is 1.71. The van der Waals surface area contributed by atoms with Gasteiger partial charge in [-0.2, -0.15) is 0 Å². The highest BCUT2D eigenvalue weighted by Crippen LogP contribution is 2.38. The number of rotatable bonds is 9. The summed E-state index contributed by atoms with van der Waals surface area (Å²) < 4.78 is 22.0. The lowest BCUT2D eigenvalue weighted by molar-refractivity contribution is 0.391. The van der Waals surface area contributed by atoms with Crippen LogP contribution in [0.5, 0.6) is 11.5 Å². The van der Waals surface area contributed by atoms with Crippen LogP contribution < -0.4 is 14.2 Å². The minimum atomic E-state index is 0.148. The summed E-state index contributed by atoms with van der Waals surface area (Å²) in [6, 6.07) is 9.22. The predicted octanol–water partition coefficient (Wildman–Crippen LogP) is 4.51. The van der Waals surface area contributed by atoms with Crippen molar-refractivity contribution in [2.75, 3.05) is 24.7 Å². The third-order valence-corrected chi connectivity index (χ3v) is 5.76. The number of aryl methyl sites for hydroxylation is 1. The van der Waals surface area contributed by atoms with E-state index in [9.17, 15) is 0 Å². The molecular formula is C22H24N6O3S. The number of benzene rings is 1. The van der Waals surface area contributed by atoms with Crippen molar-refractivity contribution in [2.45, 2.75) is 19.8 Å². The average Bonchev–Trinajstić information content (AvgIpc) is 3.48. The zero-order valence-electron chi connectivity index (χ0n) is 18.3. The zero-order valence-corrected chi connectivity index (χ0v) is 19.1. The van der Waals surface area contributed by atoms with Gasteiger partial charge in [-0.05, 0) is 48.7 Å². The number of hydrogen-bond acceptors (Lipinski definition) is 9. The first-order valence-corrected chi connectivity index (χ1v) is 11.0. The van der Waals surface area contributed by atoms with Crippen molar-refractivity contribution in [1.82, 2.24) is 24.7 Å². The highest BCUT2D eigenvalue weighted by Gasteiger charge is 2.23. The molecule has 3 heterocycles. The fourth-order valence-corrected chi connectivity index (χ4v) is 3.89.